The summed E-state index contributed by atoms with van der Waals surface area (Å²) < 4.78 is 69.2. The van der Waals surface area contributed by atoms with Crippen LogP contribution in [-0.4, -0.2) is 78.0 Å². The van der Waals surface area contributed by atoms with Crippen molar-refractivity contribution in [3.8, 4) is 11.5 Å². The fraction of sp³-hybridized carbons (Fsp3) is 0.516. The second-order valence-electron chi connectivity index (χ2n) is 11.3. The SMILES string of the molecule is O=C(Oc1ccc(OCOC2CCC(OCN3C(=O)C=CC3=O)CC2)c(C(F)(F)F)c1)C1CCC(OCN2C(=O)C=CC2=O)CC1. The molecular weight excluding hydrogens is 617 g/mol. The van der Waals surface area contributed by atoms with E-state index >= 15 is 0 Å². The first kappa shape index (κ1) is 33.3. The lowest BCUT2D eigenvalue weighted by Gasteiger charge is -2.29. The third kappa shape index (κ3) is 8.39. The molecule has 2 aliphatic carbocycles. The number of nitrogens with zero attached hydrogens (tertiary/aromatic N) is 2. The first-order valence-corrected chi connectivity index (χ1v) is 15.0. The molecule has 0 atom stereocenters. The zero-order valence-corrected chi connectivity index (χ0v) is 24.7. The number of esters is 1. The third-order valence-electron chi connectivity index (χ3n) is 8.30. The van der Waals surface area contributed by atoms with Crippen molar-refractivity contribution in [1.82, 2.24) is 9.80 Å². The molecule has 2 heterocycles. The predicted octanol–water partition coefficient (Wildman–Crippen LogP) is 3.63. The van der Waals surface area contributed by atoms with Gasteiger partial charge in [0, 0.05) is 24.3 Å². The molecule has 248 valence electrons. The first-order chi connectivity index (χ1) is 22.0. The Morgan fingerprint density at radius 2 is 1.15 bits per heavy atom. The Labute approximate surface area is 262 Å². The average molecular weight is 651 g/mol. The van der Waals surface area contributed by atoms with Gasteiger partial charge in [-0.25, -0.2) is 0 Å². The second kappa shape index (κ2) is 14.6. The number of imide groups is 2. The van der Waals surface area contributed by atoms with Crippen molar-refractivity contribution >= 4 is 29.6 Å². The molecule has 0 unspecified atom stereocenters. The van der Waals surface area contributed by atoms with Crippen LogP contribution < -0.4 is 9.47 Å². The van der Waals surface area contributed by atoms with Crippen molar-refractivity contribution in [2.24, 2.45) is 5.92 Å². The quantitative estimate of drug-likeness (QED) is 0.143. The predicted molar refractivity (Wildman–Crippen MR) is 149 cm³/mol. The molecule has 0 radical (unpaired) electrons. The molecular formula is C31H33F3N2O10. The van der Waals surface area contributed by atoms with Crippen LogP contribution in [0.1, 0.15) is 56.9 Å². The number of rotatable bonds is 12. The number of hydrogen-bond acceptors (Lipinski definition) is 10. The summed E-state index contributed by atoms with van der Waals surface area (Å²) in [6, 6.07) is 3.02. The highest BCUT2D eigenvalue weighted by Gasteiger charge is 2.36. The van der Waals surface area contributed by atoms with Crippen LogP contribution in [0.3, 0.4) is 0 Å². The van der Waals surface area contributed by atoms with Crippen LogP contribution in [-0.2, 0) is 44.4 Å². The zero-order chi connectivity index (χ0) is 32.8. The molecule has 2 fully saturated rings. The minimum atomic E-state index is -4.79. The highest BCUT2D eigenvalue weighted by atomic mass is 19.4. The molecule has 12 nitrogen and oxygen atoms in total. The Bertz CT molecular complexity index is 1360. The maximum Gasteiger partial charge on any atom is 0.420 e. The lowest BCUT2D eigenvalue weighted by Crippen LogP contribution is -2.36. The summed E-state index contributed by atoms with van der Waals surface area (Å²) in [4.78, 5) is 61.2. The monoisotopic (exact) mass is 650 g/mol. The topological polar surface area (TPSA) is 138 Å². The van der Waals surface area contributed by atoms with Crippen LogP contribution >= 0.6 is 0 Å². The van der Waals surface area contributed by atoms with Gasteiger partial charge in [0.15, 0.2) is 6.79 Å². The van der Waals surface area contributed by atoms with Gasteiger partial charge in [-0.15, -0.1) is 0 Å². The van der Waals surface area contributed by atoms with E-state index in [0.29, 0.717) is 57.4 Å². The number of alkyl halides is 3. The Hall–Kier alpha value is -4.08. The molecule has 0 bridgehead atoms. The van der Waals surface area contributed by atoms with E-state index < -0.39 is 59.8 Å². The molecule has 15 heteroatoms. The summed E-state index contributed by atoms with van der Waals surface area (Å²) in [5.41, 5.74) is -1.11. The van der Waals surface area contributed by atoms with Crippen molar-refractivity contribution in [2.45, 2.75) is 75.9 Å². The van der Waals surface area contributed by atoms with Crippen molar-refractivity contribution in [2.75, 3.05) is 20.3 Å². The van der Waals surface area contributed by atoms with Crippen LogP contribution in [0, 0.1) is 5.92 Å². The molecule has 4 aliphatic rings. The van der Waals surface area contributed by atoms with E-state index in [-0.39, 0.29) is 37.5 Å². The number of carbonyl (C=O) groups excluding carboxylic acids is 5. The van der Waals surface area contributed by atoms with Crippen LogP contribution in [0.5, 0.6) is 11.5 Å². The Morgan fingerprint density at radius 1 is 0.696 bits per heavy atom. The van der Waals surface area contributed by atoms with Gasteiger partial charge in [0.2, 0.25) is 0 Å². The van der Waals surface area contributed by atoms with Gasteiger partial charge in [-0.3, -0.25) is 33.8 Å². The van der Waals surface area contributed by atoms with Gasteiger partial charge in [-0.1, -0.05) is 0 Å². The van der Waals surface area contributed by atoms with E-state index in [2.05, 4.69) is 0 Å². The van der Waals surface area contributed by atoms with Crippen LogP contribution in [0.2, 0.25) is 0 Å². The van der Waals surface area contributed by atoms with E-state index in [9.17, 15) is 37.1 Å². The summed E-state index contributed by atoms with van der Waals surface area (Å²) in [5, 5.41) is 0. The van der Waals surface area contributed by atoms with E-state index in [0.717, 1.165) is 28.0 Å². The van der Waals surface area contributed by atoms with Gasteiger partial charge >= 0.3 is 12.1 Å². The molecule has 5 rings (SSSR count). The number of ether oxygens (including phenoxy) is 5. The number of amides is 4. The van der Waals surface area contributed by atoms with Crippen molar-refractivity contribution in [3.05, 3.63) is 48.1 Å². The molecule has 4 amide bonds. The Kier molecular flexibility index (Phi) is 10.5. The second-order valence-corrected chi connectivity index (χ2v) is 11.3. The van der Waals surface area contributed by atoms with E-state index in [1.165, 1.54) is 18.2 Å². The molecule has 2 aliphatic heterocycles. The fourth-order valence-corrected chi connectivity index (χ4v) is 5.62. The number of halogens is 3. The van der Waals surface area contributed by atoms with Gasteiger partial charge in [-0.2, -0.15) is 13.2 Å². The van der Waals surface area contributed by atoms with Crippen molar-refractivity contribution in [3.63, 3.8) is 0 Å². The molecule has 1 aromatic carbocycles. The van der Waals surface area contributed by atoms with Crippen LogP contribution in [0.25, 0.3) is 0 Å². The minimum Gasteiger partial charge on any atom is -0.467 e. The fourth-order valence-electron chi connectivity index (χ4n) is 5.62. The summed E-state index contributed by atoms with van der Waals surface area (Å²) >= 11 is 0. The van der Waals surface area contributed by atoms with Crippen molar-refractivity contribution in [1.29, 1.82) is 0 Å². The molecule has 0 spiro atoms. The molecule has 0 aromatic heterocycles. The number of carbonyl (C=O) groups is 5. The third-order valence-corrected chi connectivity index (χ3v) is 8.30. The molecule has 0 N–H and O–H groups in total. The van der Waals surface area contributed by atoms with Gasteiger partial charge in [0.25, 0.3) is 23.6 Å². The van der Waals surface area contributed by atoms with Crippen molar-refractivity contribution < 1.29 is 60.8 Å². The number of hydrogen-bond donors (Lipinski definition) is 0. The van der Waals surface area contributed by atoms with E-state index in [1.807, 2.05) is 0 Å². The summed E-state index contributed by atoms with van der Waals surface area (Å²) in [7, 11) is 0. The Morgan fingerprint density at radius 3 is 1.63 bits per heavy atom. The highest BCUT2D eigenvalue weighted by Crippen LogP contribution is 2.39. The maximum absolute atomic E-state index is 13.9. The minimum absolute atomic E-state index is 0.142. The van der Waals surface area contributed by atoms with Gasteiger partial charge in [0.1, 0.15) is 30.5 Å². The largest absolute Gasteiger partial charge is 0.467 e. The van der Waals surface area contributed by atoms with Crippen LogP contribution in [0.4, 0.5) is 13.2 Å². The maximum atomic E-state index is 13.9. The summed E-state index contributed by atoms with van der Waals surface area (Å²) in [5.74, 6) is -3.72. The standard InChI is InChI=1S/C31H33F3N2O10/c32-31(33,34)24-15-23(46-30(41)19-1-3-20(4-2-19)42-16-35-26(37)11-12-27(35)38)9-10-25(24)45-18-44-22-7-5-21(6-8-22)43-17-36-28(39)13-14-29(36)40/h9-15,19-22H,1-8,16-18H2. The zero-order valence-electron chi connectivity index (χ0n) is 24.7. The van der Waals surface area contributed by atoms with Gasteiger partial charge < -0.3 is 23.7 Å². The highest BCUT2D eigenvalue weighted by molar-refractivity contribution is 6.13. The molecule has 46 heavy (non-hydrogen) atoms. The summed E-state index contributed by atoms with van der Waals surface area (Å²) in [6.45, 7) is -0.759. The Balaban J connectivity index is 1.04. The van der Waals surface area contributed by atoms with Gasteiger partial charge in [-0.05, 0) is 69.6 Å². The molecule has 2 saturated carbocycles. The van der Waals surface area contributed by atoms with E-state index in [4.69, 9.17) is 23.7 Å². The van der Waals surface area contributed by atoms with Crippen LogP contribution in [0.15, 0.2) is 42.5 Å². The lowest BCUT2D eigenvalue weighted by atomic mass is 9.87. The summed E-state index contributed by atoms with van der Waals surface area (Å²) in [6.07, 6.45) is 3.07. The molecule has 0 saturated heterocycles. The molecule has 1 aromatic rings. The smallest absolute Gasteiger partial charge is 0.420 e. The normalized spacial score (nSPS) is 25.1. The van der Waals surface area contributed by atoms with Gasteiger partial charge in [0.05, 0.1) is 24.2 Å². The number of benzene rings is 1. The average Bonchev–Trinajstić information content (AvgIpc) is 3.53. The first-order valence-electron chi connectivity index (χ1n) is 15.0. The lowest BCUT2D eigenvalue weighted by molar-refractivity contribution is -0.149. The van der Waals surface area contributed by atoms with E-state index in [1.54, 1.807) is 0 Å².